The monoisotopic (exact) mass is 883 g/mol. The van der Waals surface area contributed by atoms with Crippen LogP contribution in [0.15, 0.2) is 92.6 Å². The van der Waals surface area contributed by atoms with Gasteiger partial charge in [0.05, 0.1) is 36.2 Å². The van der Waals surface area contributed by atoms with Gasteiger partial charge in [0.15, 0.2) is 29.5 Å². The number of hydrogen-bond donors (Lipinski definition) is 14. The highest BCUT2D eigenvalue weighted by atomic mass is 16.6. The normalized spacial score (nSPS) is 8.71. The van der Waals surface area contributed by atoms with Crippen LogP contribution in [0.1, 0.15) is 0 Å². The van der Waals surface area contributed by atoms with Gasteiger partial charge >= 0.3 is 0 Å². The molecule has 0 atom stereocenters. The molecule has 0 saturated carbocycles. The summed E-state index contributed by atoms with van der Waals surface area (Å²) in [6.07, 6.45) is 15.9. The molecule has 9 aromatic rings. The summed E-state index contributed by atoms with van der Waals surface area (Å²) in [7, 11) is 16.1. The molecule has 0 spiro atoms. The first-order valence-corrected chi connectivity index (χ1v) is 17.8. The van der Waals surface area contributed by atoms with Crippen LogP contribution in [0.3, 0.4) is 0 Å². The first-order valence-electron chi connectivity index (χ1n) is 17.8. The zero-order valence-electron chi connectivity index (χ0n) is 35.8. The minimum Gasteiger partial charge on any atom is -0.386 e. The second kappa shape index (κ2) is 35.8. The third-order valence-electron chi connectivity index (χ3n) is 6.10. The molecule has 14 N–H and O–H groups in total. The van der Waals surface area contributed by atoms with Gasteiger partial charge in [-0.2, -0.15) is 30.8 Å². The standard InChI is InChI=1S/2C4H7N3.2C4H6N2O.2C3H6N4.2C3H5N3O.C2H5N5/c1-5-4-2-6-7-3-4;1-5-4-2-3-6-7-4;1-5-4-2-6-7-3-4;1-5-4-2-3-7-6-4;1-4-3-5-2-6-7-3;1-4-3-2-5-7-6-3;1-4-3-2-7-6-5-3;1-4-3-2-5-7-6-3;1-3-2-4-6-7-5-2/h2-3,5H,1H3,(H,6,7);2-3H,1H3,(H2,5,6,7);2-3,5H,1H3;2-3H,1H3,(H,5,6);2*2H,1H3,(H2,4,5,6,7);2,4H,1H3;2H,1H3,(H,4,6);1H3,(H2,3,4,5,6,7). The van der Waals surface area contributed by atoms with E-state index in [-0.39, 0.29) is 0 Å². The summed E-state index contributed by atoms with van der Waals surface area (Å²) < 4.78 is 17.6. The molecule has 0 aliphatic heterocycles. The minimum atomic E-state index is 0.514. The van der Waals surface area contributed by atoms with Gasteiger partial charge in [-0.05, 0) is 16.4 Å². The molecule has 9 heterocycles. The van der Waals surface area contributed by atoms with Crippen molar-refractivity contribution in [1.29, 1.82) is 0 Å². The molecular formula is C30H53N29O4. The van der Waals surface area contributed by atoms with Gasteiger partial charge in [0.2, 0.25) is 5.95 Å². The van der Waals surface area contributed by atoms with Crippen LogP contribution in [0.2, 0.25) is 0 Å². The van der Waals surface area contributed by atoms with E-state index in [2.05, 4.69) is 169 Å². The van der Waals surface area contributed by atoms with Crippen molar-refractivity contribution in [3.8, 4) is 0 Å². The molecular weight excluding hydrogens is 831 g/mol. The Kier molecular flexibility index (Phi) is 29.4. The highest BCUT2D eigenvalue weighted by molar-refractivity contribution is 5.36. The maximum Gasteiger partial charge on any atom is 0.262 e. The lowest BCUT2D eigenvalue weighted by Gasteiger charge is -1.86. The summed E-state index contributed by atoms with van der Waals surface area (Å²) in [5.74, 6) is 4.99. The topological polar surface area (TPSA) is 433 Å². The fraction of sp³-hybridized carbons (Fsp3) is 0.300. The SMILES string of the molecule is CNc1ccn[nH]1.CNc1ccon1.CNc1cn[nH]c1.CNc1cn[nH]n1.CNc1cnoc1.CNc1cnon1.CNc1conn1.CNc1ncn[nH]1.CNc1nn[nH]n1. The number of nitrogens with zero attached hydrogens (tertiary/aromatic N) is 15. The summed E-state index contributed by atoms with van der Waals surface area (Å²) in [4.78, 5) is 3.76. The summed E-state index contributed by atoms with van der Waals surface area (Å²) >= 11 is 0. The zero-order chi connectivity index (χ0) is 46.0. The van der Waals surface area contributed by atoms with Crippen molar-refractivity contribution in [2.75, 3.05) is 111 Å². The number of H-pyrrole nitrogens is 5. The second-order valence-electron chi connectivity index (χ2n) is 10.0. The zero-order valence-corrected chi connectivity index (χ0v) is 35.8. The molecule has 0 unspecified atom stereocenters. The largest absolute Gasteiger partial charge is 0.386 e. The second-order valence-corrected chi connectivity index (χ2v) is 10.0. The van der Waals surface area contributed by atoms with Gasteiger partial charge in [0.25, 0.3) is 5.95 Å². The molecule has 0 aliphatic rings. The van der Waals surface area contributed by atoms with E-state index in [1.807, 2.05) is 27.2 Å². The van der Waals surface area contributed by atoms with Gasteiger partial charge in [-0.15, -0.1) is 10.2 Å². The van der Waals surface area contributed by atoms with E-state index in [4.69, 9.17) is 0 Å². The lowest BCUT2D eigenvalue weighted by Crippen LogP contribution is -1.88. The molecule has 33 heteroatoms. The molecule has 0 aliphatic carbocycles. The number of hydrogen-bond acceptors (Lipinski definition) is 28. The van der Waals surface area contributed by atoms with Gasteiger partial charge in [-0.25, -0.2) is 14.7 Å². The molecule has 342 valence electrons. The van der Waals surface area contributed by atoms with E-state index in [1.165, 1.54) is 25.1 Å². The molecule has 0 bridgehead atoms. The molecule has 63 heavy (non-hydrogen) atoms. The summed E-state index contributed by atoms with van der Waals surface area (Å²) in [6.45, 7) is 0. The van der Waals surface area contributed by atoms with E-state index in [9.17, 15) is 0 Å². The van der Waals surface area contributed by atoms with Crippen molar-refractivity contribution >= 4 is 52.4 Å². The Morgan fingerprint density at radius 3 is 1.62 bits per heavy atom. The van der Waals surface area contributed by atoms with E-state index < -0.39 is 0 Å². The Bertz CT molecular complexity index is 1600. The summed E-state index contributed by atoms with van der Waals surface area (Å²) in [6, 6.07) is 3.61. The lowest BCUT2D eigenvalue weighted by atomic mass is 10.6. The minimum absolute atomic E-state index is 0.514. The van der Waals surface area contributed by atoms with Crippen LogP contribution in [0.4, 0.5) is 52.4 Å². The van der Waals surface area contributed by atoms with Gasteiger partial charge < -0.3 is 61.4 Å². The van der Waals surface area contributed by atoms with Crippen LogP contribution in [0.5, 0.6) is 0 Å². The van der Waals surface area contributed by atoms with Gasteiger partial charge in [0.1, 0.15) is 30.9 Å². The van der Waals surface area contributed by atoms with E-state index >= 15 is 0 Å². The Balaban J connectivity index is 0.000000354. The molecule has 33 nitrogen and oxygen atoms in total. The van der Waals surface area contributed by atoms with Crippen molar-refractivity contribution in [3.63, 3.8) is 0 Å². The Labute approximate surface area is 358 Å². The van der Waals surface area contributed by atoms with E-state index in [1.54, 1.807) is 85.6 Å². The fourth-order valence-corrected chi connectivity index (χ4v) is 2.92. The quantitative estimate of drug-likeness (QED) is 0.0976. The van der Waals surface area contributed by atoms with Crippen LogP contribution in [-0.2, 0) is 0 Å². The average Bonchev–Trinajstić information content (AvgIpc) is 4.21. The van der Waals surface area contributed by atoms with Crippen molar-refractivity contribution in [3.05, 3.63) is 74.4 Å². The van der Waals surface area contributed by atoms with Crippen molar-refractivity contribution in [1.82, 2.24) is 103 Å². The number of tetrazole rings is 1. The Hall–Kier alpha value is -9.33. The Morgan fingerprint density at radius 2 is 1.33 bits per heavy atom. The van der Waals surface area contributed by atoms with E-state index in [0.717, 1.165) is 28.8 Å². The molecule has 0 aromatic carbocycles. The average molecular weight is 884 g/mol. The third kappa shape index (κ3) is 26.3. The number of nitrogens with one attached hydrogen (secondary N) is 14. The van der Waals surface area contributed by atoms with Gasteiger partial charge in [0, 0.05) is 81.0 Å². The van der Waals surface area contributed by atoms with Gasteiger partial charge in [-0.3, -0.25) is 10.2 Å². The van der Waals surface area contributed by atoms with Crippen LogP contribution < -0.4 is 47.9 Å². The fourth-order valence-electron chi connectivity index (χ4n) is 2.92. The van der Waals surface area contributed by atoms with Gasteiger partial charge in [-0.1, -0.05) is 25.7 Å². The van der Waals surface area contributed by atoms with Crippen molar-refractivity contribution in [2.45, 2.75) is 0 Å². The highest BCUT2D eigenvalue weighted by Crippen LogP contribution is 2.00. The smallest absolute Gasteiger partial charge is 0.262 e. The summed E-state index contributed by atoms with van der Waals surface area (Å²) in [5, 5.41) is 87.2. The van der Waals surface area contributed by atoms with Crippen molar-refractivity contribution in [2.24, 2.45) is 0 Å². The summed E-state index contributed by atoms with van der Waals surface area (Å²) in [5.41, 5.74) is 1.92. The van der Waals surface area contributed by atoms with E-state index in [0.29, 0.717) is 23.5 Å². The first-order chi connectivity index (χ1) is 30.9. The number of aromatic amines is 5. The highest BCUT2D eigenvalue weighted by Gasteiger charge is 1.89. The number of aromatic nitrogens is 20. The van der Waals surface area contributed by atoms with Crippen molar-refractivity contribution < 1.29 is 18.2 Å². The predicted octanol–water partition coefficient (Wildman–Crippen LogP) is 1.49. The lowest BCUT2D eigenvalue weighted by molar-refractivity contribution is 0.308. The molecule has 0 fully saturated rings. The van der Waals surface area contributed by atoms with Crippen LogP contribution in [-0.4, -0.2) is 166 Å². The molecule has 9 rings (SSSR count). The van der Waals surface area contributed by atoms with Crippen LogP contribution in [0.25, 0.3) is 0 Å². The first kappa shape index (κ1) is 51.7. The molecule has 0 amide bonds. The molecule has 0 saturated heterocycles. The molecule has 0 radical (unpaired) electrons. The van der Waals surface area contributed by atoms with Crippen LogP contribution >= 0.6 is 0 Å². The molecule has 9 aromatic heterocycles. The Morgan fingerprint density at radius 1 is 0.540 bits per heavy atom. The van der Waals surface area contributed by atoms with Crippen LogP contribution in [0, 0.1) is 0 Å². The maximum atomic E-state index is 4.49. The number of rotatable bonds is 9. The maximum absolute atomic E-state index is 4.49. The predicted molar refractivity (Wildman–Crippen MR) is 232 cm³/mol. The third-order valence-corrected chi connectivity index (χ3v) is 6.10. The number of anilines is 9.